The van der Waals surface area contributed by atoms with E-state index in [0.717, 1.165) is 24.8 Å². The fraction of sp³-hybridized carbons (Fsp3) is 0.588. The first-order valence-electron chi connectivity index (χ1n) is 7.64. The Hall–Kier alpha value is -0.860. The molecule has 0 saturated carbocycles. The van der Waals surface area contributed by atoms with Crippen LogP contribution in [0.3, 0.4) is 0 Å². The van der Waals surface area contributed by atoms with Crippen molar-refractivity contribution in [3.63, 3.8) is 0 Å². The molecule has 0 spiro atoms. The van der Waals surface area contributed by atoms with Crippen LogP contribution in [0.5, 0.6) is 0 Å². The molecule has 0 aromatic heterocycles. The molecule has 110 valence electrons. The van der Waals surface area contributed by atoms with Gasteiger partial charge in [0.15, 0.2) is 5.78 Å². The monoisotopic (exact) mass is 294 g/mol. The van der Waals surface area contributed by atoms with Gasteiger partial charge in [-0.2, -0.15) is 0 Å². The summed E-state index contributed by atoms with van der Waals surface area (Å²) in [6.45, 7) is 2.20. The lowest BCUT2D eigenvalue weighted by molar-refractivity contribution is 0.0550. The van der Waals surface area contributed by atoms with Crippen molar-refractivity contribution in [2.75, 3.05) is 0 Å². The van der Waals surface area contributed by atoms with E-state index in [0.29, 0.717) is 10.6 Å². The third-order valence-corrected chi connectivity index (χ3v) is 4.45. The van der Waals surface area contributed by atoms with Crippen LogP contribution in [0.15, 0.2) is 18.2 Å². The number of rotatable bonds is 6. The summed E-state index contributed by atoms with van der Waals surface area (Å²) >= 11 is 5.92. The molecule has 0 bridgehead atoms. The quantitative estimate of drug-likeness (QED) is 0.789. The molecular weight excluding hydrogens is 272 g/mol. The summed E-state index contributed by atoms with van der Waals surface area (Å²) < 4.78 is 0. The molecule has 3 heteroatoms. The van der Waals surface area contributed by atoms with Crippen LogP contribution < -0.4 is 0 Å². The lowest BCUT2D eigenvalue weighted by atomic mass is 9.78. The Morgan fingerprint density at radius 2 is 2.00 bits per heavy atom. The van der Waals surface area contributed by atoms with Crippen LogP contribution in [-0.4, -0.2) is 17.0 Å². The molecule has 0 radical (unpaired) electrons. The van der Waals surface area contributed by atoms with E-state index in [1.165, 1.54) is 25.7 Å². The highest BCUT2D eigenvalue weighted by Crippen LogP contribution is 2.31. The number of ketones is 1. The topological polar surface area (TPSA) is 37.3 Å². The minimum absolute atomic E-state index is 0.0674. The smallest absolute Gasteiger partial charge is 0.191 e. The van der Waals surface area contributed by atoms with Gasteiger partial charge in [-0.25, -0.2) is 0 Å². The maximum absolute atomic E-state index is 12.2. The van der Waals surface area contributed by atoms with Gasteiger partial charge < -0.3 is 5.11 Å². The molecule has 2 unspecified atom stereocenters. The van der Waals surface area contributed by atoms with Gasteiger partial charge in [-0.3, -0.25) is 4.79 Å². The number of aliphatic hydroxyl groups excluding tert-OH is 1. The number of fused-ring (bicyclic) bond motifs is 1. The first kappa shape index (κ1) is 15.5. The zero-order chi connectivity index (χ0) is 14.5. The van der Waals surface area contributed by atoms with Crippen molar-refractivity contribution in [3.8, 4) is 0 Å². The summed E-state index contributed by atoms with van der Waals surface area (Å²) in [5.41, 5.74) is 1.63. The molecular formula is C17H23ClO2. The van der Waals surface area contributed by atoms with E-state index in [1.54, 1.807) is 6.07 Å². The zero-order valence-corrected chi connectivity index (χ0v) is 12.8. The van der Waals surface area contributed by atoms with Gasteiger partial charge in [0.2, 0.25) is 0 Å². The molecule has 0 aliphatic heterocycles. The molecule has 1 aromatic rings. The Balaban J connectivity index is 1.96. The van der Waals surface area contributed by atoms with Crippen LogP contribution in [0.4, 0.5) is 0 Å². The average Bonchev–Trinajstić information content (AvgIpc) is 2.44. The van der Waals surface area contributed by atoms with Crippen LogP contribution >= 0.6 is 11.6 Å². The number of hydrogen-bond donors (Lipinski definition) is 1. The third kappa shape index (κ3) is 3.62. The second-order valence-electron chi connectivity index (χ2n) is 5.78. The molecule has 0 fully saturated rings. The molecule has 1 N–H and O–H groups in total. The van der Waals surface area contributed by atoms with Gasteiger partial charge in [0.05, 0.1) is 0 Å². The highest BCUT2D eigenvalue weighted by molar-refractivity contribution is 6.31. The molecule has 0 saturated heterocycles. The molecule has 1 aromatic carbocycles. The maximum Gasteiger partial charge on any atom is 0.191 e. The molecule has 20 heavy (non-hydrogen) atoms. The van der Waals surface area contributed by atoms with Crippen LogP contribution in [-0.2, 0) is 6.42 Å². The van der Waals surface area contributed by atoms with E-state index in [4.69, 9.17) is 11.6 Å². The van der Waals surface area contributed by atoms with E-state index >= 15 is 0 Å². The third-order valence-electron chi connectivity index (χ3n) is 4.21. The van der Waals surface area contributed by atoms with Crippen molar-refractivity contribution in [2.45, 2.75) is 58.0 Å². The van der Waals surface area contributed by atoms with Crippen molar-refractivity contribution in [2.24, 2.45) is 5.92 Å². The Bertz CT molecular complexity index is 470. The van der Waals surface area contributed by atoms with Crippen LogP contribution in [0.25, 0.3) is 0 Å². The summed E-state index contributed by atoms with van der Waals surface area (Å²) in [4.78, 5) is 12.2. The number of halogens is 1. The van der Waals surface area contributed by atoms with E-state index in [-0.39, 0.29) is 11.7 Å². The lowest BCUT2D eigenvalue weighted by Gasteiger charge is -2.28. The Labute approximate surface area is 126 Å². The lowest BCUT2D eigenvalue weighted by Crippen LogP contribution is -2.36. The predicted octanol–water partition coefficient (Wildman–Crippen LogP) is 4.42. The number of unbranched alkanes of at least 4 members (excludes halogenated alkanes) is 4. The van der Waals surface area contributed by atoms with Gasteiger partial charge in [-0.1, -0.05) is 56.7 Å². The first-order valence-corrected chi connectivity index (χ1v) is 8.02. The van der Waals surface area contributed by atoms with Gasteiger partial charge >= 0.3 is 0 Å². The van der Waals surface area contributed by atoms with Crippen molar-refractivity contribution in [1.82, 2.24) is 0 Å². The average molecular weight is 295 g/mol. The van der Waals surface area contributed by atoms with Crippen LogP contribution in [0, 0.1) is 5.92 Å². The van der Waals surface area contributed by atoms with E-state index < -0.39 is 6.10 Å². The fourth-order valence-corrected chi connectivity index (χ4v) is 3.17. The van der Waals surface area contributed by atoms with E-state index in [9.17, 15) is 9.90 Å². The number of carbonyl (C=O) groups is 1. The number of carbonyl (C=O) groups excluding carboxylic acids is 1. The maximum atomic E-state index is 12.2. The molecule has 2 atom stereocenters. The molecule has 0 amide bonds. The number of benzene rings is 1. The SMILES string of the molecule is CCCCCCCC1Cc2ccc(Cl)cc2C(=O)C1O. The summed E-state index contributed by atoms with van der Waals surface area (Å²) in [7, 11) is 0. The first-order chi connectivity index (χ1) is 9.63. The van der Waals surface area contributed by atoms with Crippen LogP contribution in [0.2, 0.25) is 5.02 Å². The summed E-state index contributed by atoms with van der Waals surface area (Å²) in [5, 5.41) is 10.7. The minimum Gasteiger partial charge on any atom is -0.385 e. The highest BCUT2D eigenvalue weighted by atomic mass is 35.5. The molecule has 1 aliphatic rings. The largest absolute Gasteiger partial charge is 0.385 e. The van der Waals surface area contributed by atoms with Gasteiger partial charge in [0.25, 0.3) is 0 Å². The highest BCUT2D eigenvalue weighted by Gasteiger charge is 2.33. The van der Waals surface area contributed by atoms with Crippen LogP contribution in [0.1, 0.15) is 61.4 Å². The minimum atomic E-state index is -0.854. The summed E-state index contributed by atoms with van der Waals surface area (Å²) in [6, 6.07) is 5.43. The second-order valence-corrected chi connectivity index (χ2v) is 6.21. The fourth-order valence-electron chi connectivity index (χ4n) is 2.99. The van der Waals surface area contributed by atoms with Crippen molar-refractivity contribution in [1.29, 1.82) is 0 Å². The molecule has 2 rings (SSSR count). The van der Waals surface area contributed by atoms with Gasteiger partial charge in [-0.05, 0) is 36.5 Å². The Morgan fingerprint density at radius 1 is 1.25 bits per heavy atom. The molecule has 0 heterocycles. The second kappa shape index (κ2) is 7.24. The number of Topliss-reactive ketones (excluding diaryl/α,β-unsaturated/α-hetero) is 1. The molecule has 2 nitrogen and oxygen atoms in total. The van der Waals surface area contributed by atoms with E-state index in [2.05, 4.69) is 6.92 Å². The Kier molecular flexibility index (Phi) is 5.62. The van der Waals surface area contributed by atoms with Gasteiger partial charge in [-0.15, -0.1) is 0 Å². The van der Waals surface area contributed by atoms with E-state index in [1.807, 2.05) is 12.1 Å². The summed E-state index contributed by atoms with van der Waals surface area (Å²) in [6.07, 6.45) is 6.90. The molecule has 1 aliphatic carbocycles. The zero-order valence-electron chi connectivity index (χ0n) is 12.1. The predicted molar refractivity (Wildman–Crippen MR) is 82.4 cm³/mol. The van der Waals surface area contributed by atoms with Gasteiger partial charge in [0.1, 0.15) is 6.10 Å². The summed E-state index contributed by atoms with van der Waals surface area (Å²) in [5.74, 6) is -0.0925. The number of aliphatic hydroxyl groups is 1. The standard InChI is InChI=1S/C17H23ClO2/c1-2-3-4-5-6-7-13-10-12-8-9-14(18)11-15(12)17(20)16(13)19/h8-9,11,13,16,19H,2-7,10H2,1H3. The Morgan fingerprint density at radius 3 is 2.75 bits per heavy atom. The van der Waals surface area contributed by atoms with Gasteiger partial charge in [0, 0.05) is 10.6 Å². The normalized spacial score (nSPS) is 21.9. The number of hydrogen-bond acceptors (Lipinski definition) is 2. The van der Waals surface area contributed by atoms with Crippen molar-refractivity contribution >= 4 is 17.4 Å². The van der Waals surface area contributed by atoms with Crippen molar-refractivity contribution in [3.05, 3.63) is 34.3 Å². The van der Waals surface area contributed by atoms with Crippen molar-refractivity contribution < 1.29 is 9.90 Å².